The van der Waals surface area contributed by atoms with E-state index in [0.29, 0.717) is 13.0 Å². The number of hydrogen-bond donors (Lipinski definition) is 0. The molecular formula is C21H29FN4OS. The lowest BCUT2D eigenvalue weighted by molar-refractivity contribution is -0.135. The van der Waals surface area contributed by atoms with Gasteiger partial charge in [-0.1, -0.05) is 26.0 Å². The van der Waals surface area contributed by atoms with Crippen molar-refractivity contribution in [3.8, 4) is 0 Å². The van der Waals surface area contributed by atoms with E-state index in [1.807, 2.05) is 4.90 Å². The van der Waals surface area contributed by atoms with E-state index in [1.54, 1.807) is 12.1 Å². The molecule has 28 heavy (non-hydrogen) atoms. The summed E-state index contributed by atoms with van der Waals surface area (Å²) in [7, 11) is 0. The Morgan fingerprint density at radius 3 is 2.64 bits per heavy atom. The number of hydrogen-bond acceptors (Lipinski definition) is 5. The van der Waals surface area contributed by atoms with Crippen molar-refractivity contribution in [2.45, 2.75) is 46.0 Å². The number of rotatable bonds is 8. The van der Waals surface area contributed by atoms with Crippen molar-refractivity contribution in [1.29, 1.82) is 0 Å². The zero-order valence-corrected chi connectivity index (χ0v) is 17.6. The predicted octanol–water partition coefficient (Wildman–Crippen LogP) is 4.13. The maximum Gasteiger partial charge on any atom is 0.227 e. The van der Waals surface area contributed by atoms with Crippen LogP contribution in [0.1, 0.15) is 50.9 Å². The van der Waals surface area contributed by atoms with E-state index in [1.165, 1.54) is 23.7 Å². The average Bonchev–Trinajstić information content (AvgIpc) is 3.18. The first-order chi connectivity index (χ1) is 13.6. The second-order valence-electron chi connectivity index (χ2n) is 7.41. The van der Waals surface area contributed by atoms with Crippen molar-refractivity contribution in [3.05, 3.63) is 41.5 Å². The Balaban J connectivity index is 1.63. The van der Waals surface area contributed by atoms with Gasteiger partial charge >= 0.3 is 0 Å². The van der Waals surface area contributed by atoms with Gasteiger partial charge in [0, 0.05) is 44.1 Å². The summed E-state index contributed by atoms with van der Waals surface area (Å²) < 4.78 is 17.5. The van der Waals surface area contributed by atoms with E-state index in [-0.39, 0.29) is 17.6 Å². The van der Waals surface area contributed by atoms with Gasteiger partial charge in [-0.15, -0.1) is 0 Å². The van der Waals surface area contributed by atoms with Gasteiger partial charge in [0.25, 0.3) is 0 Å². The molecule has 0 N–H and O–H groups in total. The summed E-state index contributed by atoms with van der Waals surface area (Å²) in [6, 6.07) is 6.45. The maximum atomic E-state index is 13.1. The van der Waals surface area contributed by atoms with Crippen LogP contribution in [0, 0.1) is 11.7 Å². The topological polar surface area (TPSA) is 49.3 Å². The standard InChI is InChI=1S/C21H29FN4OS/c1-3-11-25(12-4-2)20(27)17-6-5-13-26(15-17)21-23-19(24-28-21)14-16-7-9-18(22)10-8-16/h7-10,17H,3-6,11-15H2,1-2H3. The lowest BCUT2D eigenvalue weighted by Gasteiger charge is -2.34. The molecule has 5 nitrogen and oxygen atoms in total. The summed E-state index contributed by atoms with van der Waals surface area (Å²) in [5, 5.41) is 0.882. The monoisotopic (exact) mass is 404 g/mol. The Morgan fingerprint density at radius 2 is 1.96 bits per heavy atom. The van der Waals surface area contributed by atoms with Gasteiger partial charge in [0.15, 0.2) is 0 Å². The van der Waals surface area contributed by atoms with Gasteiger partial charge in [-0.3, -0.25) is 4.79 Å². The van der Waals surface area contributed by atoms with E-state index in [0.717, 1.165) is 61.8 Å². The van der Waals surface area contributed by atoms with Crippen LogP contribution in [-0.4, -0.2) is 46.3 Å². The fourth-order valence-electron chi connectivity index (χ4n) is 3.71. The maximum absolute atomic E-state index is 13.1. The summed E-state index contributed by atoms with van der Waals surface area (Å²) in [5.41, 5.74) is 0.993. The van der Waals surface area contributed by atoms with Gasteiger partial charge in [0.05, 0.1) is 5.92 Å². The minimum absolute atomic E-state index is 0.0382. The number of aromatic nitrogens is 2. The largest absolute Gasteiger partial charge is 0.346 e. The number of halogens is 1. The minimum atomic E-state index is -0.236. The zero-order chi connectivity index (χ0) is 19.9. The molecular weight excluding hydrogens is 375 g/mol. The highest BCUT2D eigenvalue weighted by atomic mass is 32.1. The number of carbonyl (C=O) groups excluding carboxylic acids is 1. The number of amides is 1. The predicted molar refractivity (Wildman–Crippen MR) is 111 cm³/mol. The molecule has 0 radical (unpaired) electrons. The molecule has 1 aliphatic rings. The summed E-state index contributed by atoms with van der Waals surface area (Å²) in [6.07, 6.45) is 4.51. The van der Waals surface area contributed by atoms with Crippen molar-refractivity contribution >= 4 is 22.6 Å². The van der Waals surface area contributed by atoms with Crippen molar-refractivity contribution in [3.63, 3.8) is 0 Å². The highest BCUT2D eigenvalue weighted by molar-refractivity contribution is 7.09. The lowest BCUT2D eigenvalue weighted by Crippen LogP contribution is -2.45. The fourth-order valence-corrected chi connectivity index (χ4v) is 4.43. The highest BCUT2D eigenvalue weighted by Crippen LogP contribution is 2.26. The number of anilines is 1. The van der Waals surface area contributed by atoms with Crippen LogP contribution in [0.25, 0.3) is 0 Å². The third-order valence-electron chi connectivity index (χ3n) is 5.07. The molecule has 1 atom stereocenters. The molecule has 2 heterocycles. The number of carbonyl (C=O) groups is 1. The normalized spacial score (nSPS) is 17.0. The van der Waals surface area contributed by atoms with Crippen LogP contribution in [0.2, 0.25) is 0 Å². The Morgan fingerprint density at radius 1 is 1.25 bits per heavy atom. The number of piperidine rings is 1. The Hall–Kier alpha value is -2.02. The van der Waals surface area contributed by atoms with Gasteiger partial charge in [-0.25, -0.2) is 9.37 Å². The van der Waals surface area contributed by atoms with Gasteiger partial charge < -0.3 is 9.80 Å². The van der Waals surface area contributed by atoms with E-state index in [4.69, 9.17) is 0 Å². The first-order valence-corrected chi connectivity index (χ1v) is 11.0. The molecule has 0 saturated carbocycles. The van der Waals surface area contributed by atoms with Crippen LogP contribution in [0.3, 0.4) is 0 Å². The molecule has 1 aromatic heterocycles. The quantitative estimate of drug-likeness (QED) is 0.664. The molecule has 1 saturated heterocycles. The number of benzene rings is 1. The van der Waals surface area contributed by atoms with Gasteiger partial charge in [-0.05, 0) is 43.4 Å². The second-order valence-corrected chi connectivity index (χ2v) is 8.14. The molecule has 7 heteroatoms. The lowest BCUT2D eigenvalue weighted by atomic mass is 9.96. The molecule has 1 aromatic carbocycles. The van der Waals surface area contributed by atoms with Crippen LogP contribution in [0.4, 0.5) is 9.52 Å². The highest BCUT2D eigenvalue weighted by Gasteiger charge is 2.30. The molecule has 1 fully saturated rings. The Labute approximate surface area is 170 Å². The third kappa shape index (κ3) is 5.28. The minimum Gasteiger partial charge on any atom is -0.346 e. The molecule has 1 unspecified atom stereocenters. The van der Waals surface area contributed by atoms with Crippen LogP contribution in [-0.2, 0) is 11.2 Å². The second kappa shape index (κ2) is 9.96. The van der Waals surface area contributed by atoms with E-state index >= 15 is 0 Å². The zero-order valence-electron chi connectivity index (χ0n) is 16.7. The summed E-state index contributed by atoms with van der Waals surface area (Å²) >= 11 is 1.39. The first-order valence-electron chi connectivity index (χ1n) is 10.2. The van der Waals surface area contributed by atoms with Crippen LogP contribution < -0.4 is 4.90 Å². The molecule has 0 spiro atoms. The molecule has 2 aromatic rings. The van der Waals surface area contributed by atoms with E-state index < -0.39 is 0 Å². The van der Waals surface area contributed by atoms with Crippen molar-refractivity contribution in [2.24, 2.45) is 5.92 Å². The van der Waals surface area contributed by atoms with E-state index in [2.05, 4.69) is 28.1 Å². The van der Waals surface area contributed by atoms with Crippen molar-refractivity contribution in [1.82, 2.24) is 14.3 Å². The van der Waals surface area contributed by atoms with Gasteiger partial charge in [0.2, 0.25) is 11.0 Å². The summed E-state index contributed by atoms with van der Waals surface area (Å²) in [4.78, 5) is 21.9. The van der Waals surface area contributed by atoms with Gasteiger partial charge in [0.1, 0.15) is 11.6 Å². The molecule has 152 valence electrons. The fraction of sp³-hybridized carbons (Fsp3) is 0.571. The third-order valence-corrected chi connectivity index (χ3v) is 5.89. The van der Waals surface area contributed by atoms with Crippen LogP contribution >= 0.6 is 11.5 Å². The van der Waals surface area contributed by atoms with Crippen molar-refractivity contribution < 1.29 is 9.18 Å². The Kier molecular flexibility index (Phi) is 7.36. The van der Waals surface area contributed by atoms with Crippen LogP contribution in [0.15, 0.2) is 24.3 Å². The van der Waals surface area contributed by atoms with E-state index in [9.17, 15) is 9.18 Å². The molecule has 3 rings (SSSR count). The first kappa shape index (κ1) is 20.7. The average molecular weight is 405 g/mol. The number of nitrogens with zero attached hydrogens (tertiary/aromatic N) is 4. The van der Waals surface area contributed by atoms with Crippen LogP contribution in [0.5, 0.6) is 0 Å². The van der Waals surface area contributed by atoms with Crippen molar-refractivity contribution in [2.75, 3.05) is 31.1 Å². The Bertz CT molecular complexity index is 758. The molecule has 1 aliphatic heterocycles. The molecule has 1 amide bonds. The van der Waals surface area contributed by atoms with Gasteiger partial charge in [-0.2, -0.15) is 4.37 Å². The molecule has 0 aliphatic carbocycles. The summed E-state index contributed by atoms with van der Waals surface area (Å²) in [6.45, 7) is 7.54. The molecule has 0 bridgehead atoms. The smallest absolute Gasteiger partial charge is 0.227 e. The SMILES string of the molecule is CCCN(CCC)C(=O)C1CCCN(c2nc(Cc3ccc(F)cc3)ns2)C1. The summed E-state index contributed by atoms with van der Waals surface area (Å²) in [5.74, 6) is 0.833.